The van der Waals surface area contributed by atoms with Crippen molar-refractivity contribution in [3.05, 3.63) is 16.1 Å². The number of hydrogen-bond acceptors (Lipinski definition) is 5. The van der Waals surface area contributed by atoms with E-state index < -0.39 is 0 Å². The Morgan fingerprint density at radius 1 is 1.53 bits per heavy atom. The van der Waals surface area contributed by atoms with E-state index in [2.05, 4.69) is 10.3 Å². The van der Waals surface area contributed by atoms with Crippen molar-refractivity contribution in [3.63, 3.8) is 0 Å². The maximum atomic E-state index is 11.7. The van der Waals surface area contributed by atoms with Gasteiger partial charge in [-0.1, -0.05) is 12.8 Å². The predicted octanol–water partition coefficient (Wildman–Crippen LogP) is 1.68. The minimum Gasteiger partial charge on any atom is -0.378 e. The Bertz CT molecular complexity index is 402. The molecule has 0 radical (unpaired) electrons. The van der Waals surface area contributed by atoms with Crippen molar-refractivity contribution >= 4 is 17.2 Å². The molecule has 1 fully saturated rings. The van der Waals surface area contributed by atoms with Crippen LogP contribution in [0, 0.1) is 0 Å². The van der Waals surface area contributed by atoms with E-state index in [-0.39, 0.29) is 5.91 Å². The lowest BCUT2D eigenvalue weighted by atomic mass is 10.3. The third-order valence-electron chi connectivity index (χ3n) is 3.22. The van der Waals surface area contributed by atoms with Crippen LogP contribution in [0.1, 0.15) is 47.6 Å². The van der Waals surface area contributed by atoms with Crippen molar-refractivity contribution in [2.45, 2.75) is 44.8 Å². The zero-order chi connectivity index (χ0) is 13.5. The second-order valence-electron chi connectivity index (χ2n) is 4.72. The molecule has 19 heavy (non-hydrogen) atoms. The smallest absolute Gasteiger partial charge is 0.270 e. The van der Waals surface area contributed by atoms with E-state index in [9.17, 15) is 4.79 Å². The van der Waals surface area contributed by atoms with E-state index in [0.29, 0.717) is 24.9 Å². The lowest BCUT2D eigenvalue weighted by Crippen LogP contribution is -2.26. The number of aromatic nitrogens is 1. The highest BCUT2D eigenvalue weighted by molar-refractivity contribution is 7.09. The summed E-state index contributed by atoms with van der Waals surface area (Å²) in [5.74, 6) is -0.128. The molecule has 0 saturated heterocycles. The van der Waals surface area contributed by atoms with Crippen LogP contribution in [0.15, 0.2) is 5.38 Å². The van der Waals surface area contributed by atoms with E-state index in [0.717, 1.165) is 18.0 Å². The van der Waals surface area contributed by atoms with Crippen molar-refractivity contribution in [1.29, 1.82) is 0 Å². The Hall–Kier alpha value is -0.980. The average molecular weight is 283 g/mol. The van der Waals surface area contributed by atoms with Gasteiger partial charge in [-0.05, 0) is 19.3 Å². The number of nitrogens with zero attached hydrogens (tertiary/aromatic N) is 1. The summed E-state index contributed by atoms with van der Waals surface area (Å²) < 4.78 is 5.73. The number of rotatable bonds is 7. The van der Waals surface area contributed by atoms with Crippen molar-refractivity contribution < 1.29 is 9.53 Å². The molecule has 2 rings (SSSR count). The molecule has 1 heterocycles. The van der Waals surface area contributed by atoms with Gasteiger partial charge in [0.1, 0.15) is 10.7 Å². The number of hydrogen-bond donors (Lipinski definition) is 2. The first-order valence-corrected chi connectivity index (χ1v) is 7.72. The van der Waals surface area contributed by atoms with E-state index in [1.807, 2.05) is 0 Å². The van der Waals surface area contributed by atoms with Crippen LogP contribution >= 0.6 is 11.3 Å². The lowest BCUT2D eigenvalue weighted by molar-refractivity contribution is 0.0565. The summed E-state index contributed by atoms with van der Waals surface area (Å²) in [4.78, 5) is 15.9. The number of nitrogens with two attached hydrogens (primary N) is 1. The van der Waals surface area contributed by atoms with Crippen LogP contribution in [0.4, 0.5) is 0 Å². The molecule has 5 nitrogen and oxygen atoms in total. The average Bonchev–Trinajstić information content (AvgIpc) is 3.09. The van der Waals surface area contributed by atoms with Crippen LogP contribution < -0.4 is 11.1 Å². The van der Waals surface area contributed by atoms with Crippen molar-refractivity contribution in [1.82, 2.24) is 10.3 Å². The first kappa shape index (κ1) is 14.4. The molecule has 1 aromatic heterocycles. The SMILES string of the molecule is NCc1nc(C(=O)NCCCOC2CCCC2)cs1. The highest BCUT2D eigenvalue weighted by Crippen LogP contribution is 2.20. The standard InChI is InChI=1S/C13H21N3O2S/c14-8-12-16-11(9-19-12)13(17)15-6-3-7-18-10-4-1-2-5-10/h9-10H,1-8,14H2,(H,15,17). The molecular weight excluding hydrogens is 262 g/mol. The van der Waals surface area contributed by atoms with Gasteiger partial charge in [-0.15, -0.1) is 11.3 Å². The zero-order valence-corrected chi connectivity index (χ0v) is 11.9. The molecule has 3 N–H and O–H groups in total. The number of carbonyl (C=O) groups is 1. The second-order valence-corrected chi connectivity index (χ2v) is 5.66. The van der Waals surface area contributed by atoms with Crippen molar-refractivity contribution in [2.75, 3.05) is 13.2 Å². The Morgan fingerprint density at radius 2 is 2.32 bits per heavy atom. The fourth-order valence-corrected chi connectivity index (χ4v) is 2.83. The normalized spacial score (nSPS) is 15.8. The molecule has 0 spiro atoms. The van der Waals surface area contributed by atoms with Crippen molar-refractivity contribution in [3.8, 4) is 0 Å². The van der Waals surface area contributed by atoms with Gasteiger partial charge in [-0.3, -0.25) is 4.79 Å². The molecule has 0 aromatic carbocycles. The number of carbonyl (C=O) groups excluding carboxylic acids is 1. The summed E-state index contributed by atoms with van der Waals surface area (Å²) >= 11 is 1.42. The monoisotopic (exact) mass is 283 g/mol. The van der Waals surface area contributed by atoms with Gasteiger partial charge in [0.05, 0.1) is 6.10 Å². The molecule has 6 heteroatoms. The van der Waals surface area contributed by atoms with E-state index >= 15 is 0 Å². The highest BCUT2D eigenvalue weighted by Gasteiger charge is 2.14. The fraction of sp³-hybridized carbons (Fsp3) is 0.692. The van der Waals surface area contributed by atoms with Crippen LogP contribution in [0.5, 0.6) is 0 Å². The van der Waals surface area contributed by atoms with Crippen LogP contribution in [0.3, 0.4) is 0 Å². The van der Waals surface area contributed by atoms with Gasteiger partial charge in [-0.25, -0.2) is 4.98 Å². The Kier molecular flexibility index (Phi) is 5.75. The molecule has 0 aliphatic heterocycles. The maximum absolute atomic E-state index is 11.7. The molecule has 106 valence electrons. The largest absolute Gasteiger partial charge is 0.378 e. The zero-order valence-electron chi connectivity index (χ0n) is 11.1. The molecule has 1 aliphatic carbocycles. The maximum Gasteiger partial charge on any atom is 0.270 e. The Labute approximate surface area is 117 Å². The van der Waals surface area contributed by atoms with Gasteiger partial charge in [0.15, 0.2) is 0 Å². The molecule has 0 atom stereocenters. The molecule has 0 unspecified atom stereocenters. The number of nitrogens with one attached hydrogen (secondary N) is 1. The van der Waals surface area contributed by atoms with Crippen LogP contribution in [0.2, 0.25) is 0 Å². The van der Waals surface area contributed by atoms with Gasteiger partial charge in [-0.2, -0.15) is 0 Å². The summed E-state index contributed by atoms with van der Waals surface area (Å²) in [5.41, 5.74) is 5.92. The fourth-order valence-electron chi connectivity index (χ4n) is 2.18. The molecule has 0 bridgehead atoms. The minimum atomic E-state index is -0.128. The van der Waals surface area contributed by atoms with Gasteiger partial charge in [0, 0.05) is 25.1 Å². The summed E-state index contributed by atoms with van der Waals surface area (Å²) in [7, 11) is 0. The first-order valence-electron chi connectivity index (χ1n) is 6.84. The topological polar surface area (TPSA) is 77.2 Å². The molecule has 1 saturated carbocycles. The van der Waals surface area contributed by atoms with Gasteiger partial charge in [0.25, 0.3) is 5.91 Å². The van der Waals surface area contributed by atoms with Gasteiger partial charge >= 0.3 is 0 Å². The van der Waals surface area contributed by atoms with Crippen LogP contribution in [0.25, 0.3) is 0 Å². The number of thiazole rings is 1. The lowest BCUT2D eigenvalue weighted by Gasteiger charge is -2.10. The summed E-state index contributed by atoms with van der Waals surface area (Å²) in [6.45, 7) is 1.73. The number of ether oxygens (including phenoxy) is 1. The van der Waals surface area contributed by atoms with Crippen LogP contribution in [-0.4, -0.2) is 30.1 Å². The summed E-state index contributed by atoms with van der Waals surface area (Å²) in [6, 6.07) is 0. The summed E-state index contributed by atoms with van der Waals surface area (Å²) in [6.07, 6.45) is 6.24. The van der Waals surface area contributed by atoms with Gasteiger partial charge < -0.3 is 15.8 Å². The van der Waals surface area contributed by atoms with E-state index in [1.165, 1.54) is 37.0 Å². The number of amides is 1. The van der Waals surface area contributed by atoms with E-state index in [4.69, 9.17) is 10.5 Å². The van der Waals surface area contributed by atoms with E-state index in [1.54, 1.807) is 5.38 Å². The highest BCUT2D eigenvalue weighted by atomic mass is 32.1. The van der Waals surface area contributed by atoms with Crippen LogP contribution in [-0.2, 0) is 11.3 Å². The second kappa shape index (κ2) is 7.57. The molecule has 1 aromatic rings. The minimum absolute atomic E-state index is 0.128. The quantitative estimate of drug-likeness (QED) is 0.746. The molecular formula is C13H21N3O2S. The third-order valence-corrected chi connectivity index (χ3v) is 4.09. The Morgan fingerprint density at radius 3 is 3.00 bits per heavy atom. The predicted molar refractivity (Wildman–Crippen MR) is 75.2 cm³/mol. The van der Waals surface area contributed by atoms with Crippen molar-refractivity contribution in [2.24, 2.45) is 5.73 Å². The Balaban J connectivity index is 1.58. The third kappa shape index (κ3) is 4.56. The summed E-state index contributed by atoms with van der Waals surface area (Å²) in [5, 5.41) is 5.38. The van der Waals surface area contributed by atoms with Gasteiger partial charge in [0.2, 0.25) is 0 Å². The first-order chi connectivity index (χ1) is 9.29. The molecule has 1 amide bonds. The molecule has 1 aliphatic rings.